The van der Waals surface area contributed by atoms with Gasteiger partial charge in [0.25, 0.3) is 0 Å². The van der Waals surface area contributed by atoms with Crippen LogP contribution in [0.1, 0.15) is 11.5 Å². The molecular formula is C13H14F3N5. The molecule has 0 aromatic carbocycles. The van der Waals surface area contributed by atoms with Crippen LogP contribution in [0.4, 0.5) is 19.1 Å². The van der Waals surface area contributed by atoms with Crippen molar-refractivity contribution in [3.63, 3.8) is 0 Å². The maximum atomic E-state index is 12.6. The summed E-state index contributed by atoms with van der Waals surface area (Å²) in [5.74, 6) is 1.45. The van der Waals surface area contributed by atoms with E-state index in [2.05, 4.69) is 15.0 Å². The van der Waals surface area contributed by atoms with Crippen LogP contribution in [0.15, 0.2) is 24.7 Å². The van der Waals surface area contributed by atoms with Gasteiger partial charge < -0.3 is 9.47 Å². The maximum Gasteiger partial charge on any atom is 0.433 e. The van der Waals surface area contributed by atoms with Gasteiger partial charge in [0, 0.05) is 44.1 Å². The zero-order valence-electron chi connectivity index (χ0n) is 11.4. The fourth-order valence-corrected chi connectivity index (χ4v) is 2.38. The first-order chi connectivity index (χ1) is 9.93. The van der Waals surface area contributed by atoms with Crippen molar-refractivity contribution in [1.29, 1.82) is 0 Å². The van der Waals surface area contributed by atoms with Crippen LogP contribution in [-0.4, -0.2) is 32.6 Å². The Labute approximate surface area is 119 Å². The third-order valence-electron chi connectivity index (χ3n) is 3.55. The first-order valence-corrected chi connectivity index (χ1v) is 6.56. The van der Waals surface area contributed by atoms with E-state index in [1.807, 2.05) is 17.7 Å². The number of imidazole rings is 1. The number of hydrogen-bond donors (Lipinski definition) is 0. The van der Waals surface area contributed by atoms with Gasteiger partial charge in [0.2, 0.25) is 5.95 Å². The SMILES string of the molecule is Cc1nccn1CC1CN(c2nccc(C(F)(F)F)n2)C1. The van der Waals surface area contributed by atoms with Gasteiger partial charge in [-0.2, -0.15) is 13.2 Å². The number of aromatic nitrogens is 4. The summed E-state index contributed by atoms with van der Waals surface area (Å²) in [7, 11) is 0. The molecule has 0 bridgehead atoms. The van der Waals surface area contributed by atoms with Crippen LogP contribution >= 0.6 is 0 Å². The Morgan fingerprint density at radius 1 is 1.24 bits per heavy atom. The molecule has 0 radical (unpaired) electrons. The zero-order chi connectivity index (χ0) is 15.0. The Morgan fingerprint density at radius 3 is 2.62 bits per heavy atom. The molecule has 0 atom stereocenters. The molecule has 0 unspecified atom stereocenters. The normalized spacial score (nSPS) is 16.1. The quantitative estimate of drug-likeness (QED) is 0.871. The fourth-order valence-electron chi connectivity index (χ4n) is 2.38. The first-order valence-electron chi connectivity index (χ1n) is 6.56. The Hall–Kier alpha value is -2.12. The summed E-state index contributed by atoms with van der Waals surface area (Å²) in [4.78, 5) is 13.4. The van der Waals surface area contributed by atoms with Crippen LogP contribution in [0.25, 0.3) is 0 Å². The summed E-state index contributed by atoms with van der Waals surface area (Å²) >= 11 is 0. The lowest BCUT2D eigenvalue weighted by Crippen LogP contribution is -2.49. The van der Waals surface area contributed by atoms with E-state index in [-0.39, 0.29) is 5.95 Å². The van der Waals surface area contributed by atoms with Gasteiger partial charge in [0.05, 0.1) is 0 Å². The van der Waals surface area contributed by atoms with E-state index in [9.17, 15) is 13.2 Å². The molecule has 3 rings (SSSR count). The molecule has 0 N–H and O–H groups in total. The predicted octanol–water partition coefficient (Wildman–Crippen LogP) is 2.14. The Morgan fingerprint density at radius 2 is 2.00 bits per heavy atom. The average molecular weight is 297 g/mol. The second-order valence-electron chi connectivity index (χ2n) is 5.14. The van der Waals surface area contributed by atoms with Gasteiger partial charge in [-0.05, 0) is 13.0 Å². The lowest BCUT2D eigenvalue weighted by atomic mass is 10.0. The number of rotatable bonds is 3. The minimum absolute atomic E-state index is 0.142. The largest absolute Gasteiger partial charge is 0.433 e. The number of aryl methyl sites for hydroxylation is 1. The van der Waals surface area contributed by atoms with Gasteiger partial charge >= 0.3 is 6.18 Å². The summed E-state index contributed by atoms with van der Waals surface area (Å²) < 4.78 is 39.9. The third-order valence-corrected chi connectivity index (χ3v) is 3.55. The van der Waals surface area contributed by atoms with Crippen molar-refractivity contribution in [2.24, 2.45) is 5.92 Å². The van der Waals surface area contributed by atoms with Crippen molar-refractivity contribution in [1.82, 2.24) is 19.5 Å². The molecule has 21 heavy (non-hydrogen) atoms. The van der Waals surface area contributed by atoms with Crippen molar-refractivity contribution < 1.29 is 13.2 Å². The highest BCUT2D eigenvalue weighted by molar-refractivity contribution is 5.34. The van der Waals surface area contributed by atoms with Gasteiger partial charge in [-0.1, -0.05) is 0 Å². The van der Waals surface area contributed by atoms with Gasteiger partial charge in [0.1, 0.15) is 11.5 Å². The molecule has 112 valence electrons. The van der Waals surface area contributed by atoms with Crippen molar-refractivity contribution in [3.8, 4) is 0 Å². The maximum absolute atomic E-state index is 12.6. The van der Waals surface area contributed by atoms with Crippen LogP contribution in [0, 0.1) is 12.8 Å². The molecule has 1 saturated heterocycles. The molecule has 1 fully saturated rings. The standard InChI is InChI=1S/C13H14F3N5/c1-9-17-4-5-20(9)6-10-7-21(8-10)12-18-3-2-11(19-12)13(14,15)16/h2-5,10H,6-8H2,1H3. The van der Waals surface area contributed by atoms with Crippen LogP contribution in [0.3, 0.4) is 0 Å². The number of hydrogen-bond acceptors (Lipinski definition) is 4. The molecule has 1 aliphatic heterocycles. The van der Waals surface area contributed by atoms with Crippen molar-refractivity contribution in [2.45, 2.75) is 19.6 Å². The topological polar surface area (TPSA) is 46.8 Å². The summed E-state index contributed by atoms with van der Waals surface area (Å²) in [6, 6.07) is 0.885. The molecule has 0 spiro atoms. The summed E-state index contributed by atoms with van der Waals surface area (Å²) in [5, 5.41) is 0. The molecule has 0 saturated carbocycles. The molecule has 0 aliphatic carbocycles. The molecule has 0 amide bonds. The molecule has 8 heteroatoms. The van der Waals surface area contributed by atoms with E-state index in [4.69, 9.17) is 0 Å². The zero-order valence-corrected chi connectivity index (χ0v) is 11.4. The van der Waals surface area contributed by atoms with E-state index in [0.29, 0.717) is 19.0 Å². The number of nitrogens with zero attached hydrogens (tertiary/aromatic N) is 5. The van der Waals surface area contributed by atoms with Gasteiger partial charge in [-0.15, -0.1) is 0 Å². The minimum atomic E-state index is -4.43. The number of anilines is 1. The second kappa shape index (κ2) is 5.01. The van der Waals surface area contributed by atoms with E-state index < -0.39 is 11.9 Å². The molecule has 1 aliphatic rings. The predicted molar refractivity (Wildman–Crippen MR) is 69.7 cm³/mol. The molecule has 2 aromatic heterocycles. The molecule has 5 nitrogen and oxygen atoms in total. The smallest absolute Gasteiger partial charge is 0.340 e. The van der Waals surface area contributed by atoms with E-state index >= 15 is 0 Å². The highest BCUT2D eigenvalue weighted by atomic mass is 19.4. The van der Waals surface area contributed by atoms with Gasteiger partial charge in [-0.25, -0.2) is 15.0 Å². The van der Waals surface area contributed by atoms with Crippen LogP contribution in [0.5, 0.6) is 0 Å². The molecule has 2 aromatic rings. The summed E-state index contributed by atoms with van der Waals surface area (Å²) in [6.07, 6.45) is 0.356. The van der Waals surface area contributed by atoms with Crippen molar-refractivity contribution in [2.75, 3.05) is 18.0 Å². The Bertz CT molecular complexity index is 631. The van der Waals surface area contributed by atoms with Crippen LogP contribution < -0.4 is 4.90 Å². The van der Waals surface area contributed by atoms with E-state index in [0.717, 1.165) is 24.6 Å². The first kappa shape index (κ1) is 13.8. The van der Waals surface area contributed by atoms with Gasteiger partial charge in [-0.3, -0.25) is 0 Å². The fraction of sp³-hybridized carbons (Fsp3) is 0.462. The van der Waals surface area contributed by atoms with Gasteiger partial charge in [0.15, 0.2) is 0 Å². The Balaban J connectivity index is 1.63. The van der Waals surface area contributed by atoms with Crippen LogP contribution in [-0.2, 0) is 12.7 Å². The average Bonchev–Trinajstić information content (AvgIpc) is 2.78. The van der Waals surface area contributed by atoms with Crippen molar-refractivity contribution >= 4 is 5.95 Å². The Kier molecular flexibility index (Phi) is 3.30. The molecular weight excluding hydrogens is 283 g/mol. The lowest BCUT2D eigenvalue weighted by Gasteiger charge is -2.39. The second-order valence-corrected chi connectivity index (χ2v) is 5.14. The highest BCUT2D eigenvalue weighted by Gasteiger charge is 2.35. The highest BCUT2D eigenvalue weighted by Crippen LogP contribution is 2.29. The number of halogens is 3. The summed E-state index contributed by atoms with van der Waals surface area (Å²) in [6.45, 7) is 4.03. The minimum Gasteiger partial charge on any atom is -0.340 e. The van der Waals surface area contributed by atoms with Crippen LogP contribution in [0.2, 0.25) is 0 Å². The summed E-state index contributed by atoms with van der Waals surface area (Å²) in [5.41, 5.74) is -0.901. The van der Waals surface area contributed by atoms with E-state index in [1.54, 1.807) is 11.1 Å². The van der Waals surface area contributed by atoms with Crippen molar-refractivity contribution in [3.05, 3.63) is 36.2 Å². The third kappa shape index (κ3) is 2.84. The monoisotopic (exact) mass is 297 g/mol. The molecule has 3 heterocycles. The van der Waals surface area contributed by atoms with E-state index in [1.165, 1.54) is 0 Å². The number of alkyl halides is 3. The lowest BCUT2D eigenvalue weighted by molar-refractivity contribution is -0.141.